The Hall–Kier alpha value is -1.91. The third-order valence-corrected chi connectivity index (χ3v) is 3.23. The first kappa shape index (κ1) is 15.1. The zero-order chi connectivity index (χ0) is 14.5. The van der Waals surface area contributed by atoms with Gasteiger partial charge in [0.15, 0.2) is 0 Å². The molecule has 0 saturated carbocycles. The van der Waals surface area contributed by atoms with E-state index in [-0.39, 0.29) is 18.9 Å². The van der Waals surface area contributed by atoms with E-state index in [1.54, 1.807) is 19.9 Å². The van der Waals surface area contributed by atoms with Gasteiger partial charge in [-0.1, -0.05) is 19.1 Å². The van der Waals surface area contributed by atoms with Gasteiger partial charge in [-0.3, -0.25) is 9.59 Å². The molecule has 0 bridgehead atoms. The summed E-state index contributed by atoms with van der Waals surface area (Å²) in [6, 6.07) is 5.78. The molecule has 1 atom stereocenters. The fourth-order valence-electron chi connectivity index (χ4n) is 1.54. The second-order valence-corrected chi connectivity index (χ2v) is 4.80. The van der Waals surface area contributed by atoms with Gasteiger partial charge in [-0.15, -0.1) is 0 Å². The average Bonchev–Trinajstić information content (AvgIpc) is 2.35. The molecule has 1 amide bonds. The van der Waals surface area contributed by atoms with Crippen LogP contribution >= 0.6 is 0 Å². The number of carbonyl (C=O) groups excluding carboxylic acids is 1. The molecular formula is C14H18FNO3. The first-order valence-electron chi connectivity index (χ1n) is 6.12. The molecule has 1 aromatic rings. The number of hydrogen-bond donors (Lipinski definition) is 2. The van der Waals surface area contributed by atoms with Crippen molar-refractivity contribution in [1.82, 2.24) is 5.32 Å². The van der Waals surface area contributed by atoms with E-state index in [4.69, 9.17) is 5.11 Å². The van der Waals surface area contributed by atoms with E-state index in [9.17, 15) is 14.0 Å². The van der Waals surface area contributed by atoms with Crippen LogP contribution in [-0.4, -0.2) is 23.5 Å². The standard InChI is InChI=1S/C14H18FNO3/c1-3-14(2,13(18)19)9-16-12(17)8-10-5-4-6-11(15)7-10/h4-7H,3,8-9H2,1-2H3,(H,16,17)(H,18,19). The third-order valence-electron chi connectivity index (χ3n) is 3.23. The second-order valence-electron chi connectivity index (χ2n) is 4.80. The number of nitrogens with one attached hydrogen (secondary N) is 1. The highest BCUT2D eigenvalue weighted by molar-refractivity contribution is 5.80. The number of amides is 1. The molecule has 0 aliphatic heterocycles. The van der Waals surface area contributed by atoms with Crippen molar-refractivity contribution < 1.29 is 19.1 Å². The number of rotatable bonds is 6. The van der Waals surface area contributed by atoms with E-state index in [1.165, 1.54) is 18.2 Å². The second kappa shape index (κ2) is 6.31. The van der Waals surface area contributed by atoms with Gasteiger partial charge < -0.3 is 10.4 Å². The molecule has 2 N–H and O–H groups in total. The maximum Gasteiger partial charge on any atom is 0.311 e. The number of halogens is 1. The smallest absolute Gasteiger partial charge is 0.311 e. The number of carbonyl (C=O) groups is 2. The Bertz CT molecular complexity index is 476. The monoisotopic (exact) mass is 267 g/mol. The Morgan fingerprint density at radius 2 is 2.11 bits per heavy atom. The highest BCUT2D eigenvalue weighted by atomic mass is 19.1. The summed E-state index contributed by atoms with van der Waals surface area (Å²) in [7, 11) is 0. The van der Waals surface area contributed by atoms with E-state index in [1.807, 2.05) is 0 Å². The van der Waals surface area contributed by atoms with Gasteiger partial charge in [0.2, 0.25) is 5.91 Å². The number of aliphatic carboxylic acids is 1. The predicted molar refractivity (Wildman–Crippen MR) is 69.1 cm³/mol. The maximum absolute atomic E-state index is 12.9. The summed E-state index contributed by atoms with van der Waals surface area (Å²) in [6.07, 6.45) is 0.458. The molecule has 0 aliphatic rings. The minimum atomic E-state index is -0.975. The van der Waals surface area contributed by atoms with Gasteiger partial charge >= 0.3 is 5.97 Å². The van der Waals surface area contributed by atoms with Gasteiger partial charge in [0.25, 0.3) is 0 Å². The summed E-state index contributed by atoms with van der Waals surface area (Å²) >= 11 is 0. The van der Waals surface area contributed by atoms with Gasteiger partial charge in [-0.25, -0.2) is 4.39 Å². The molecule has 0 radical (unpaired) electrons. The van der Waals surface area contributed by atoms with E-state index in [0.717, 1.165) is 0 Å². The summed E-state index contributed by atoms with van der Waals surface area (Å²) < 4.78 is 12.9. The normalized spacial score (nSPS) is 13.6. The highest BCUT2D eigenvalue weighted by Crippen LogP contribution is 2.19. The molecular weight excluding hydrogens is 249 g/mol. The molecule has 5 heteroatoms. The molecule has 0 aromatic heterocycles. The van der Waals surface area contributed by atoms with Crippen LogP contribution in [0.4, 0.5) is 4.39 Å². The fourth-order valence-corrected chi connectivity index (χ4v) is 1.54. The van der Waals surface area contributed by atoms with Gasteiger partial charge in [-0.05, 0) is 31.0 Å². The first-order chi connectivity index (χ1) is 8.87. The number of hydrogen-bond acceptors (Lipinski definition) is 2. The Labute approximate surface area is 111 Å². The molecule has 0 spiro atoms. The van der Waals surface area contributed by atoms with Crippen LogP contribution in [0.15, 0.2) is 24.3 Å². The molecule has 0 fully saturated rings. The molecule has 1 aromatic carbocycles. The largest absolute Gasteiger partial charge is 0.481 e. The zero-order valence-corrected chi connectivity index (χ0v) is 11.1. The maximum atomic E-state index is 12.9. The van der Waals surface area contributed by atoms with Crippen molar-refractivity contribution in [1.29, 1.82) is 0 Å². The van der Waals surface area contributed by atoms with E-state index in [0.29, 0.717) is 12.0 Å². The molecule has 0 saturated heterocycles. The van der Waals surface area contributed by atoms with Gasteiger partial charge in [-0.2, -0.15) is 0 Å². The lowest BCUT2D eigenvalue weighted by molar-refractivity contribution is -0.148. The summed E-state index contributed by atoms with van der Waals surface area (Å²) in [4.78, 5) is 22.7. The Morgan fingerprint density at radius 3 is 2.63 bits per heavy atom. The number of carboxylic acids is 1. The lowest BCUT2D eigenvalue weighted by Gasteiger charge is -2.23. The van der Waals surface area contributed by atoms with Crippen LogP contribution in [0, 0.1) is 11.2 Å². The molecule has 0 aliphatic carbocycles. The topological polar surface area (TPSA) is 66.4 Å². The lowest BCUT2D eigenvalue weighted by Crippen LogP contribution is -2.41. The molecule has 1 rings (SSSR count). The Kier molecular flexibility index (Phi) is 5.03. The lowest BCUT2D eigenvalue weighted by atomic mass is 9.87. The van der Waals surface area contributed by atoms with Crippen molar-refractivity contribution in [3.8, 4) is 0 Å². The minimum Gasteiger partial charge on any atom is -0.481 e. The molecule has 104 valence electrons. The summed E-state index contributed by atoms with van der Waals surface area (Å²) in [5.74, 6) is -1.65. The van der Waals surface area contributed by atoms with Gasteiger partial charge in [0.05, 0.1) is 11.8 Å². The Balaban J connectivity index is 2.55. The SMILES string of the molecule is CCC(C)(CNC(=O)Cc1cccc(F)c1)C(=O)O. The average molecular weight is 267 g/mol. The zero-order valence-electron chi connectivity index (χ0n) is 11.1. The molecule has 19 heavy (non-hydrogen) atoms. The third kappa shape index (κ3) is 4.35. The van der Waals surface area contributed by atoms with E-state index >= 15 is 0 Å². The number of carboxylic acid groups (broad SMARTS) is 1. The van der Waals surface area contributed by atoms with Crippen molar-refractivity contribution in [3.63, 3.8) is 0 Å². The van der Waals surface area contributed by atoms with Crippen molar-refractivity contribution in [2.45, 2.75) is 26.7 Å². The van der Waals surface area contributed by atoms with E-state index < -0.39 is 17.2 Å². The van der Waals surface area contributed by atoms with Crippen LogP contribution in [0.5, 0.6) is 0 Å². The van der Waals surface area contributed by atoms with Crippen molar-refractivity contribution in [2.24, 2.45) is 5.41 Å². The highest BCUT2D eigenvalue weighted by Gasteiger charge is 2.31. The van der Waals surface area contributed by atoms with Crippen molar-refractivity contribution in [3.05, 3.63) is 35.6 Å². The molecule has 4 nitrogen and oxygen atoms in total. The fraction of sp³-hybridized carbons (Fsp3) is 0.429. The molecule has 1 unspecified atom stereocenters. The van der Waals surface area contributed by atoms with Crippen LogP contribution in [0.25, 0.3) is 0 Å². The summed E-state index contributed by atoms with van der Waals surface area (Å²) in [6.45, 7) is 3.40. The summed E-state index contributed by atoms with van der Waals surface area (Å²) in [5.41, 5.74) is -0.413. The van der Waals surface area contributed by atoms with Crippen molar-refractivity contribution >= 4 is 11.9 Å². The molecule has 0 heterocycles. The number of benzene rings is 1. The minimum absolute atomic E-state index is 0.0389. The van der Waals surface area contributed by atoms with Crippen LogP contribution in [0.1, 0.15) is 25.8 Å². The Morgan fingerprint density at radius 1 is 1.42 bits per heavy atom. The van der Waals surface area contributed by atoms with Crippen LogP contribution in [-0.2, 0) is 16.0 Å². The van der Waals surface area contributed by atoms with Crippen LogP contribution in [0.3, 0.4) is 0 Å². The summed E-state index contributed by atoms with van der Waals surface area (Å²) in [5, 5.41) is 11.7. The predicted octanol–water partition coefficient (Wildman–Crippen LogP) is 1.99. The van der Waals surface area contributed by atoms with Crippen LogP contribution < -0.4 is 5.32 Å². The quantitative estimate of drug-likeness (QED) is 0.828. The van der Waals surface area contributed by atoms with Gasteiger partial charge in [0.1, 0.15) is 5.82 Å². The van der Waals surface area contributed by atoms with Crippen LogP contribution in [0.2, 0.25) is 0 Å². The van der Waals surface area contributed by atoms with Crippen molar-refractivity contribution in [2.75, 3.05) is 6.54 Å². The first-order valence-corrected chi connectivity index (χ1v) is 6.12. The van der Waals surface area contributed by atoms with Gasteiger partial charge in [0, 0.05) is 6.54 Å². The van der Waals surface area contributed by atoms with E-state index in [2.05, 4.69) is 5.32 Å².